The lowest BCUT2D eigenvalue weighted by Gasteiger charge is -2.46. The number of hydrogen-bond donors (Lipinski definition) is 3. The quantitative estimate of drug-likeness (QED) is 0.707. The summed E-state index contributed by atoms with van der Waals surface area (Å²) in [7, 11) is 0. The predicted octanol–water partition coefficient (Wildman–Crippen LogP) is 1.33. The highest BCUT2D eigenvalue weighted by Crippen LogP contribution is 2.33. The molecule has 3 N–H and O–H groups in total. The maximum absolute atomic E-state index is 12.8. The Morgan fingerprint density at radius 1 is 1.21 bits per heavy atom. The van der Waals surface area contributed by atoms with Crippen molar-refractivity contribution in [3.8, 4) is 0 Å². The second-order valence-corrected chi connectivity index (χ2v) is 7.98. The molecule has 0 saturated carbocycles. The van der Waals surface area contributed by atoms with E-state index in [-0.39, 0.29) is 36.0 Å². The second kappa shape index (κ2) is 8.36. The molecule has 4 amide bonds. The molecule has 0 unspecified atom stereocenters. The number of nitrogens with one attached hydrogen (secondary N) is 3. The van der Waals surface area contributed by atoms with Gasteiger partial charge in [-0.2, -0.15) is 0 Å². The maximum atomic E-state index is 12.8. The Labute approximate surface area is 169 Å². The van der Waals surface area contributed by atoms with Crippen molar-refractivity contribution < 1.29 is 19.1 Å². The Morgan fingerprint density at radius 2 is 2.00 bits per heavy atom. The van der Waals surface area contributed by atoms with E-state index in [9.17, 15) is 14.4 Å². The van der Waals surface area contributed by atoms with Gasteiger partial charge in [0.15, 0.2) is 0 Å². The lowest BCUT2D eigenvalue weighted by atomic mass is 9.77. The van der Waals surface area contributed by atoms with Crippen LogP contribution in [0, 0.1) is 11.8 Å². The molecular weight excluding hydrogens is 374 g/mol. The van der Waals surface area contributed by atoms with Crippen LogP contribution in [0.5, 0.6) is 0 Å². The first-order valence-corrected chi connectivity index (χ1v) is 10.2. The van der Waals surface area contributed by atoms with Crippen molar-refractivity contribution in [2.24, 2.45) is 11.8 Å². The molecule has 3 saturated heterocycles. The zero-order valence-electron chi connectivity index (χ0n) is 16.5. The van der Waals surface area contributed by atoms with Crippen molar-refractivity contribution >= 4 is 23.7 Å². The van der Waals surface area contributed by atoms with Crippen molar-refractivity contribution in [3.05, 3.63) is 23.9 Å². The number of urea groups is 1. The van der Waals surface area contributed by atoms with Gasteiger partial charge in [-0.3, -0.25) is 9.59 Å². The maximum Gasteiger partial charge on any atom is 0.317 e. The van der Waals surface area contributed by atoms with Gasteiger partial charge in [-0.1, -0.05) is 0 Å². The van der Waals surface area contributed by atoms with E-state index in [0.29, 0.717) is 37.0 Å². The lowest BCUT2D eigenvalue weighted by Crippen LogP contribution is -2.65. The zero-order valence-corrected chi connectivity index (χ0v) is 16.5. The van der Waals surface area contributed by atoms with Crippen LogP contribution in [-0.2, 0) is 9.53 Å². The molecule has 3 fully saturated rings. The van der Waals surface area contributed by atoms with E-state index in [4.69, 9.17) is 4.74 Å². The number of ether oxygens (including phenoxy) is 1. The smallest absolute Gasteiger partial charge is 0.317 e. The molecular formula is C20H27N5O4. The van der Waals surface area contributed by atoms with Crippen molar-refractivity contribution in [2.75, 3.05) is 25.0 Å². The van der Waals surface area contributed by atoms with Crippen molar-refractivity contribution in [1.82, 2.24) is 20.5 Å². The van der Waals surface area contributed by atoms with E-state index in [1.165, 1.54) is 13.1 Å². The predicted molar refractivity (Wildman–Crippen MR) is 105 cm³/mol. The molecule has 0 aromatic carbocycles. The Hall–Kier alpha value is -2.68. The number of carbonyl (C=O) groups excluding carboxylic acids is 3. The average molecular weight is 401 g/mol. The standard InChI is InChI=1S/C20H27N5O4/c1-12(26)22-16-5-4-14(11-21-16)19(27)25-8-6-13(7-9-25)17-15-3-2-10-29-18(15)24-20(28)23-17/h4-5,11,13,15,17-18H,2-3,6-10H2,1H3,(H,21,22,26)(H2,23,24,28)/t15-,17-,18-/m0/s1. The van der Waals surface area contributed by atoms with Gasteiger partial charge in [-0.05, 0) is 43.7 Å². The van der Waals surface area contributed by atoms with Crippen LogP contribution in [-0.4, -0.2) is 59.7 Å². The summed E-state index contributed by atoms with van der Waals surface area (Å²) in [5.41, 5.74) is 0.508. The van der Waals surface area contributed by atoms with Gasteiger partial charge in [-0.25, -0.2) is 9.78 Å². The van der Waals surface area contributed by atoms with E-state index >= 15 is 0 Å². The molecule has 3 aliphatic rings. The van der Waals surface area contributed by atoms with E-state index in [0.717, 1.165) is 25.7 Å². The fourth-order valence-electron chi connectivity index (χ4n) is 4.64. The largest absolute Gasteiger partial charge is 0.358 e. The first kappa shape index (κ1) is 19.6. The van der Waals surface area contributed by atoms with Gasteiger partial charge >= 0.3 is 6.03 Å². The summed E-state index contributed by atoms with van der Waals surface area (Å²) in [6.45, 7) is 3.40. The Balaban J connectivity index is 1.35. The van der Waals surface area contributed by atoms with Crippen LogP contribution in [0.15, 0.2) is 18.3 Å². The highest BCUT2D eigenvalue weighted by Gasteiger charge is 2.43. The van der Waals surface area contributed by atoms with Gasteiger partial charge in [0.05, 0.1) is 5.56 Å². The van der Waals surface area contributed by atoms with Gasteiger partial charge < -0.3 is 25.6 Å². The topological polar surface area (TPSA) is 113 Å². The number of piperidine rings is 1. The number of nitrogens with zero attached hydrogens (tertiary/aromatic N) is 2. The summed E-state index contributed by atoms with van der Waals surface area (Å²) in [4.78, 5) is 41.9. The molecule has 0 spiro atoms. The van der Waals surface area contributed by atoms with Crippen molar-refractivity contribution in [1.29, 1.82) is 0 Å². The summed E-state index contributed by atoms with van der Waals surface area (Å²) in [6, 6.07) is 3.24. The fraction of sp³-hybridized carbons (Fsp3) is 0.600. The van der Waals surface area contributed by atoms with E-state index < -0.39 is 0 Å². The second-order valence-electron chi connectivity index (χ2n) is 7.98. The van der Waals surface area contributed by atoms with E-state index in [1.54, 1.807) is 12.1 Å². The van der Waals surface area contributed by atoms with Crippen LogP contribution in [0.2, 0.25) is 0 Å². The Morgan fingerprint density at radius 3 is 2.69 bits per heavy atom. The SMILES string of the molecule is CC(=O)Nc1ccc(C(=O)N2CCC([C@@H]3NC(=O)N[C@H]4OCCC[C@H]43)CC2)cn1. The van der Waals surface area contributed by atoms with Crippen LogP contribution in [0.1, 0.15) is 43.0 Å². The molecule has 3 atom stereocenters. The van der Waals surface area contributed by atoms with E-state index in [1.807, 2.05) is 4.90 Å². The zero-order chi connectivity index (χ0) is 20.4. The minimum atomic E-state index is -0.200. The molecule has 9 heteroatoms. The molecule has 1 aromatic heterocycles. The molecule has 29 heavy (non-hydrogen) atoms. The minimum Gasteiger partial charge on any atom is -0.358 e. The number of anilines is 1. The van der Waals surface area contributed by atoms with E-state index in [2.05, 4.69) is 20.9 Å². The summed E-state index contributed by atoms with van der Waals surface area (Å²) in [5.74, 6) is 0.783. The van der Waals surface area contributed by atoms with Gasteiger partial charge in [-0.15, -0.1) is 0 Å². The molecule has 1 aromatic rings. The first-order valence-electron chi connectivity index (χ1n) is 10.2. The highest BCUT2D eigenvalue weighted by atomic mass is 16.5. The first-order chi connectivity index (χ1) is 14.0. The third kappa shape index (κ3) is 4.34. The molecule has 9 nitrogen and oxygen atoms in total. The minimum absolute atomic E-state index is 0.0569. The summed E-state index contributed by atoms with van der Waals surface area (Å²) in [5, 5.41) is 8.58. The molecule has 0 aliphatic carbocycles. The molecule has 0 bridgehead atoms. The van der Waals surface area contributed by atoms with Crippen LogP contribution in [0.4, 0.5) is 10.6 Å². The van der Waals surface area contributed by atoms with Crippen LogP contribution in [0.25, 0.3) is 0 Å². The third-order valence-corrected chi connectivity index (χ3v) is 6.05. The summed E-state index contributed by atoms with van der Waals surface area (Å²) in [6.07, 6.45) is 5.03. The normalized spacial score (nSPS) is 27.4. The number of fused-ring (bicyclic) bond motifs is 1. The van der Waals surface area contributed by atoms with Gasteiger partial charge in [0.1, 0.15) is 12.0 Å². The number of rotatable bonds is 3. The third-order valence-electron chi connectivity index (χ3n) is 6.05. The molecule has 4 heterocycles. The summed E-state index contributed by atoms with van der Waals surface area (Å²) < 4.78 is 5.75. The fourth-order valence-corrected chi connectivity index (χ4v) is 4.64. The number of likely N-dealkylation sites (tertiary alicyclic amines) is 1. The number of carbonyl (C=O) groups is 3. The number of pyridine rings is 1. The average Bonchev–Trinajstić information content (AvgIpc) is 2.73. The van der Waals surface area contributed by atoms with Gasteiger partial charge in [0, 0.05) is 44.8 Å². The van der Waals surface area contributed by atoms with Gasteiger partial charge in [0.25, 0.3) is 5.91 Å². The molecule has 0 radical (unpaired) electrons. The Kier molecular flexibility index (Phi) is 5.66. The van der Waals surface area contributed by atoms with Gasteiger partial charge in [0.2, 0.25) is 5.91 Å². The molecule has 4 rings (SSSR count). The molecule has 156 valence electrons. The van der Waals surface area contributed by atoms with Crippen molar-refractivity contribution in [2.45, 2.75) is 44.9 Å². The van der Waals surface area contributed by atoms with Crippen LogP contribution in [0.3, 0.4) is 0 Å². The number of amides is 4. The Bertz CT molecular complexity index is 776. The monoisotopic (exact) mass is 401 g/mol. The molecule has 3 aliphatic heterocycles. The van der Waals surface area contributed by atoms with Crippen LogP contribution < -0.4 is 16.0 Å². The van der Waals surface area contributed by atoms with Crippen LogP contribution >= 0.6 is 0 Å². The number of hydrogen-bond acceptors (Lipinski definition) is 5. The summed E-state index contributed by atoms with van der Waals surface area (Å²) >= 11 is 0. The highest BCUT2D eigenvalue weighted by molar-refractivity contribution is 5.94. The lowest BCUT2D eigenvalue weighted by molar-refractivity contribution is -0.114. The number of aromatic nitrogens is 1. The van der Waals surface area contributed by atoms with Crippen molar-refractivity contribution in [3.63, 3.8) is 0 Å².